The van der Waals surface area contributed by atoms with Gasteiger partial charge in [-0.05, 0) is 0 Å². The molecule has 6 rings (SSSR count). The van der Waals surface area contributed by atoms with Crippen molar-refractivity contribution >= 4 is 10.9 Å². The Hall–Kier alpha value is -0.183. The molecule has 0 unspecified atom stereocenters. The van der Waals surface area contributed by atoms with Gasteiger partial charge in [0.15, 0.2) is 0 Å². The van der Waals surface area contributed by atoms with Crippen LogP contribution in [0.15, 0.2) is 69.5 Å². The first kappa shape index (κ1) is 21.1. The fraction of sp³-hybridized carbons (Fsp3) is 0.304. The summed E-state index contributed by atoms with van der Waals surface area (Å²) in [6.45, 7) is 2.34. The number of halogens is 2. The maximum atomic E-state index is 2.70. The fourth-order valence-electron chi connectivity index (χ4n) is 6.50. The largest absolute Gasteiger partial charge is 1.00 e. The maximum Gasteiger partial charge on any atom is -1.00 e. The molecule has 0 saturated heterocycles. The topological polar surface area (TPSA) is 0 Å². The molecule has 0 nitrogen and oxygen atoms in total. The normalized spacial score (nSPS) is 18.6. The molecular weight excluding hydrogens is 495 g/mol. The first-order chi connectivity index (χ1) is 12.8. The van der Waals surface area contributed by atoms with Crippen LogP contribution in [0.3, 0.4) is 0 Å². The zero-order chi connectivity index (χ0) is 17.3. The summed E-state index contributed by atoms with van der Waals surface area (Å²) in [4.78, 5) is 0. The minimum atomic E-state index is -2.39. The summed E-state index contributed by atoms with van der Waals surface area (Å²) in [6, 6.07) is 25.7. The number of hydrogen-bond acceptors (Lipinski definition) is 0. The predicted octanol–water partition coefficient (Wildman–Crippen LogP) is 0.162. The van der Waals surface area contributed by atoms with Gasteiger partial charge < -0.3 is 24.8 Å². The smallest absolute Gasteiger partial charge is 1.00 e. The Labute approximate surface area is 184 Å². The van der Waals surface area contributed by atoms with Crippen molar-refractivity contribution in [2.24, 2.45) is 0 Å². The Morgan fingerprint density at radius 1 is 0.786 bits per heavy atom. The van der Waals surface area contributed by atoms with Crippen LogP contribution >= 0.6 is 0 Å². The summed E-state index contributed by atoms with van der Waals surface area (Å²) >= 11 is -2.39. The number of rotatable bonds is 2. The Morgan fingerprint density at radius 3 is 1.75 bits per heavy atom. The van der Waals surface area contributed by atoms with Gasteiger partial charge in [0.25, 0.3) is 0 Å². The maximum absolute atomic E-state index is 2.70. The molecule has 2 bridgehead atoms. The number of hydrogen-bond donors (Lipinski definition) is 0. The Morgan fingerprint density at radius 2 is 1.29 bits per heavy atom. The van der Waals surface area contributed by atoms with Crippen molar-refractivity contribution in [2.45, 2.75) is 41.1 Å². The van der Waals surface area contributed by atoms with Gasteiger partial charge in [-0.1, -0.05) is 0 Å². The van der Waals surface area contributed by atoms with Crippen molar-refractivity contribution in [3.63, 3.8) is 0 Å². The third kappa shape index (κ3) is 2.69. The van der Waals surface area contributed by atoms with E-state index in [1.165, 1.54) is 6.42 Å². The summed E-state index contributed by atoms with van der Waals surface area (Å²) in [7, 11) is 0. The van der Waals surface area contributed by atoms with E-state index >= 15 is 0 Å². The Bertz CT molecular complexity index is 1090. The standard InChI is InChI=1S/C13H9.C6H7.C4H8Si2.2ClH.Zr/c1-3-7-12-10(5-1)9-11-6-2-4-8-13(11)12;1-6-4-2-3-5-6;1-2-6-4-3-5-1;;;/h1-9H;4-5H,2H2,1H3;1-4H2;2*1H;/q;;;;;+2/p-2. The summed E-state index contributed by atoms with van der Waals surface area (Å²) in [5.74, 6) is 0. The zero-order valence-electron chi connectivity index (χ0n) is 16.1. The number of fused-ring (bicyclic) bond motifs is 3. The molecule has 28 heavy (non-hydrogen) atoms. The van der Waals surface area contributed by atoms with Gasteiger partial charge in [-0.2, -0.15) is 0 Å². The average Bonchev–Trinajstić information content (AvgIpc) is 3.42. The van der Waals surface area contributed by atoms with E-state index in [1.807, 2.05) is 3.28 Å². The molecule has 2 aliphatic carbocycles. The third-order valence-electron chi connectivity index (χ3n) is 7.39. The van der Waals surface area contributed by atoms with Gasteiger partial charge in [0.2, 0.25) is 0 Å². The third-order valence-corrected chi connectivity index (χ3v) is 64.6. The molecule has 0 radical (unpaired) electrons. The number of benzene rings is 2. The van der Waals surface area contributed by atoms with E-state index in [0.717, 1.165) is 3.63 Å². The molecule has 0 amide bonds. The molecule has 0 aromatic heterocycles. The molecule has 0 fully saturated rings. The number of allylic oxidation sites excluding steroid dienone is 4. The van der Waals surface area contributed by atoms with Crippen molar-refractivity contribution in [2.75, 3.05) is 0 Å². The van der Waals surface area contributed by atoms with Gasteiger partial charge in [0, 0.05) is 0 Å². The zero-order valence-corrected chi connectivity index (χ0v) is 22.1. The quantitative estimate of drug-likeness (QED) is 0.497. The molecular formula is C23H24Cl2Si2Zr. The molecule has 142 valence electrons. The molecule has 0 spiro atoms. The van der Waals surface area contributed by atoms with E-state index in [9.17, 15) is 0 Å². The van der Waals surface area contributed by atoms with Crippen molar-refractivity contribution in [3.05, 3.63) is 80.7 Å². The average molecular weight is 519 g/mol. The minimum absolute atomic E-state index is 0. The van der Waals surface area contributed by atoms with Crippen molar-refractivity contribution < 1.29 is 42.3 Å². The second-order valence-electron chi connectivity index (χ2n) is 8.44. The van der Waals surface area contributed by atoms with Crippen molar-refractivity contribution in [1.82, 2.24) is 0 Å². The van der Waals surface area contributed by atoms with Crippen LogP contribution in [0.2, 0.25) is 24.2 Å². The van der Waals surface area contributed by atoms with Gasteiger partial charge in [0.05, 0.1) is 0 Å². The fourth-order valence-corrected chi connectivity index (χ4v) is 84.8. The van der Waals surface area contributed by atoms with Crippen LogP contribution < -0.4 is 24.8 Å². The van der Waals surface area contributed by atoms with Crippen molar-refractivity contribution in [3.8, 4) is 11.1 Å². The van der Waals surface area contributed by atoms with Gasteiger partial charge in [0.1, 0.15) is 0 Å². The summed E-state index contributed by atoms with van der Waals surface area (Å²) in [5, 5.41) is 0. The first-order valence-corrected chi connectivity index (χ1v) is 23.9. The SMILES string of the molecule is CC1=CC[C]([Zr+2]2([CH]3c4ccccc4-c4ccccc43)=[Si]3CC[Si]=2CC3)=C1.[Cl-].[Cl-]. The summed E-state index contributed by atoms with van der Waals surface area (Å²) < 4.78 is 2.90. The molecule has 5 heteroatoms. The first-order valence-electron chi connectivity index (χ1n) is 10.1. The van der Waals surface area contributed by atoms with E-state index in [4.69, 9.17) is 0 Å². The predicted molar refractivity (Wildman–Crippen MR) is 111 cm³/mol. The van der Waals surface area contributed by atoms with Gasteiger partial charge in [-0.15, -0.1) is 0 Å². The van der Waals surface area contributed by atoms with Crippen LogP contribution in [0, 0.1) is 0 Å². The molecule has 2 heterocycles. The molecule has 0 atom stereocenters. The van der Waals surface area contributed by atoms with Crippen molar-refractivity contribution in [1.29, 1.82) is 0 Å². The van der Waals surface area contributed by atoms with Gasteiger partial charge >= 0.3 is 161 Å². The van der Waals surface area contributed by atoms with Crippen LogP contribution in [-0.2, 0) is 17.5 Å². The summed E-state index contributed by atoms with van der Waals surface area (Å²) in [5.41, 5.74) is 8.00. The Kier molecular flexibility index (Phi) is 5.88. The summed E-state index contributed by atoms with van der Waals surface area (Å²) in [6.07, 6.45) is 6.57. The van der Waals surface area contributed by atoms with Crippen LogP contribution in [-0.4, -0.2) is 10.9 Å². The second kappa shape index (κ2) is 7.82. The molecule has 4 aliphatic rings. The molecule has 2 aromatic rings. The van der Waals surface area contributed by atoms with E-state index < -0.39 is 17.5 Å². The van der Waals surface area contributed by atoms with Crippen LogP contribution in [0.25, 0.3) is 11.1 Å². The molecule has 0 N–H and O–H groups in total. The van der Waals surface area contributed by atoms with Gasteiger partial charge in [-0.25, -0.2) is 0 Å². The monoisotopic (exact) mass is 516 g/mol. The van der Waals surface area contributed by atoms with Crippen LogP contribution in [0.4, 0.5) is 0 Å². The van der Waals surface area contributed by atoms with Gasteiger partial charge in [-0.3, -0.25) is 0 Å². The van der Waals surface area contributed by atoms with Crippen LogP contribution in [0.1, 0.15) is 28.1 Å². The van der Waals surface area contributed by atoms with E-state index in [0.29, 0.717) is 0 Å². The molecule has 0 saturated carbocycles. The Balaban J connectivity index is 0.000000961. The second-order valence-corrected chi connectivity index (χ2v) is 42.5. The van der Waals surface area contributed by atoms with E-state index in [1.54, 1.807) is 52.0 Å². The molecule has 2 aliphatic heterocycles. The van der Waals surface area contributed by atoms with E-state index in [-0.39, 0.29) is 35.7 Å². The van der Waals surface area contributed by atoms with Crippen LogP contribution in [0.5, 0.6) is 0 Å². The molecule has 2 aromatic carbocycles. The minimum Gasteiger partial charge on any atom is -1.00 e. The van der Waals surface area contributed by atoms with E-state index in [2.05, 4.69) is 67.6 Å².